The number of carbonyl (C=O) groups excluding carboxylic acids is 4. The molecule has 10 nitrogen and oxygen atoms in total. The SMILES string of the molecule is O=C1NCC[C@H]1C[C@H](NC(=O)[C@@H]1[C@H]2CCC[C@H]2CN1C(=O)O[C@H]1CCOC1)C(=O)COC(F)(F)F. The average molecular weight is 505 g/mol. The van der Waals surface area contributed by atoms with E-state index in [0.717, 1.165) is 12.8 Å². The molecule has 0 radical (unpaired) electrons. The van der Waals surface area contributed by atoms with Crippen LogP contribution in [0.3, 0.4) is 0 Å². The van der Waals surface area contributed by atoms with Crippen LogP contribution in [0.1, 0.15) is 38.5 Å². The summed E-state index contributed by atoms with van der Waals surface area (Å²) in [5, 5.41) is 5.15. The molecule has 1 saturated carbocycles. The van der Waals surface area contributed by atoms with E-state index in [0.29, 0.717) is 39.0 Å². The summed E-state index contributed by atoms with van der Waals surface area (Å²) in [5.74, 6) is -2.62. The summed E-state index contributed by atoms with van der Waals surface area (Å²) in [7, 11) is 0. The van der Waals surface area contributed by atoms with Gasteiger partial charge < -0.3 is 20.1 Å². The topological polar surface area (TPSA) is 123 Å². The Labute approximate surface area is 200 Å². The second-order valence-corrected chi connectivity index (χ2v) is 9.60. The lowest BCUT2D eigenvalue weighted by Gasteiger charge is -2.29. The number of fused-ring (bicyclic) bond motifs is 1. The van der Waals surface area contributed by atoms with Gasteiger partial charge >= 0.3 is 12.5 Å². The molecule has 35 heavy (non-hydrogen) atoms. The van der Waals surface area contributed by atoms with Crippen molar-refractivity contribution in [1.82, 2.24) is 15.5 Å². The van der Waals surface area contributed by atoms with Crippen molar-refractivity contribution in [2.75, 3.05) is 32.9 Å². The fourth-order valence-corrected chi connectivity index (χ4v) is 5.58. The number of Topliss-reactive ketones (excluding diaryl/α,β-unsaturated/α-hetero) is 1. The zero-order valence-corrected chi connectivity index (χ0v) is 19.2. The Morgan fingerprint density at radius 1 is 1.20 bits per heavy atom. The number of hydrogen-bond acceptors (Lipinski definition) is 7. The summed E-state index contributed by atoms with van der Waals surface area (Å²) in [6, 6.07) is -2.27. The quantitative estimate of drug-likeness (QED) is 0.507. The molecule has 4 fully saturated rings. The summed E-state index contributed by atoms with van der Waals surface area (Å²) < 4.78 is 52.0. The maximum absolute atomic E-state index is 13.4. The molecule has 0 unspecified atom stereocenters. The van der Waals surface area contributed by atoms with E-state index >= 15 is 0 Å². The van der Waals surface area contributed by atoms with Crippen molar-refractivity contribution in [3.63, 3.8) is 0 Å². The molecule has 0 aromatic carbocycles. The lowest BCUT2D eigenvalue weighted by atomic mass is 9.92. The van der Waals surface area contributed by atoms with Gasteiger partial charge in [-0.1, -0.05) is 6.42 Å². The van der Waals surface area contributed by atoms with Crippen LogP contribution >= 0.6 is 0 Å². The summed E-state index contributed by atoms with van der Waals surface area (Å²) in [5.41, 5.74) is 0. The Balaban J connectivity index is 1.47. The smallest absolute Gasteiger partial charge is 0.444 e. The molecule has 0 bridgehead atoms. The first-order valence-corrected chi connectivity index (χ1v) is 12.0. The molecule has 6 atom stereocenters. The average Bonchev–Trinajstić information content (AvgIpc) is 3.56. The molecule has 3 aliphatic heterocycles. The summed E-state index contributed by atoms with van der Waals surface area (Å²) in [4.78, 5) is 52.3. The monoisotopic (exact) mass is 505 g/mol. The number of halogens is 3. The third kappa shape index (κ3) is 6.24. The van der Waals surface area contributed by atoms with Gasteiger partial charge in [-0.25, -0.2) is 4.79 Å². The summed E-state index contributed by atoms with van der Waals surface area (Å²) in [6.45, 7) is 0.186. The van der Waals surface area contributed by atoms with Gasteiger partial charge in [-0.15, -0.1) is 13.2 Å². The van der Waals surface area contributed by atoms with Crippen molar-refractivity contribution >= 4 is 23.7 Å². The highest BCUT2D eigenvalue weighted by Crippen LogP contribution is 2.42. The normalized spacial score (nSPS) is 31.2. The Hall–Kier alpha value is -2.41. The van der Waals surface area contributed by atoms with Gasteiger partial charge in [0.1, 0.15) is 18.8 Å². The van der Waals surface area contributed by atoms with Gasteiger partial charge in [0.2, 0.25) is 11.8 Å². The van der Waals surface area contributed by atoms with E-state index in [1.165, 1.54) is 4.90 Å². The van der Waals surface area contributed by atoms with Gasteiger partial charge in [0, 0.05) is 25.4 Å². The minimum absolute atomic E-state index is 0.0986. The van der Waals surface area contributed by atoms with Crippen LogP contribution in [-0.2, 0) is 28.6 Å². The lowest BCUT2D eigenvalue weighted by molar-refractivity contribution is -0.321. The van der Waals surface area contributed by atoms with E-state index in [9.17, 15) is 32.3 Å². The molecule has 0 aromatic heterocycles. The first-order valence-electron chi connectivity index (χ1n) is 12.0. The Bertz CT molecular complexity index is 834. The van der Waals surface area contributed by atoms with Crippen LogP contribution in [0.15, 0.2) is 0 Å². The van der Waals surface area contributed by atoms with Gasteiger partial charge in [0.15, 0.2) is 5.78 Å². The molecular formula is C22H30F3N3O7. The highest BCUT2D eigenvalue weighted by Gasteiger charge is 2.51. The molecule has 0 spiro atoms. The van der Waals surface area contributed by atoms with Crippen molar-refractivity contribution in [2.45, 2.75) is 63.1 Å². The number of rotatable bonds is 8. The molecule has 0 aromatic rings. The molecule has 2 N–H and O–H groups in total. The number of hydrogen-bond donors (Lipinski definition) is 2. The van der Waals surface area contributed by atoms with Crippen LogP contribution in [0.25, 0.3) is 0 Å². The molecule has 4 rings (SSSR count). The first-order chi connectivity index (χ1) is 16.6. The molecule has 196 valence electrons. The molecule has 3 amide bonds. The minimum atomic E-state index is -5.01. The van der Waals surface area contributed by atoms with Crippen LogP contribution in [0, 0.1) is 17.8 Å². The van der Waals surface area contributed by atoms with Crippen LogP contribution in [0.2, 0.25) is 0 Å². The molecule has 3 saturated heterocycles. The number of ketones is 1. The van der Waals surface area contributed by atoms with Crippen LogP contribution < -0.4 is 10.6 Å². The highest BCUT2D eigenvalue weighted by atomic mass is 19.4. The van der Waals surface area contributed by atoms with Crippen molar-refractivity contribution in [3.05, 3.63) is 0 Å². The molecule has 4 aliphatic rings. The number of carbonyl (C=O) groups is 4. The van der Waals surface area contributed by atoms with E-state index in [1.807, 2.05) is 0 Å². The third-order valence-corrected chi connectivity index (χ3v) is 7.32. The van der Waals surface area contributed by atoms with Crippen LogP contribution in [0.4, 0.5) is 18.0 Å². The zero-order chi connectivity index (χ0) is 25.2. The van der Waals surface area contributed by atoms with E-state index in [-0.39, 0.29) is 30.8 Å². The fourth-order valence-electron chi connectivity index (χ4n) is 5.58. The second-order valence-electron chi connectivity index (χ2n) is 9.60. The largest absolute Gasteiger partial charge is 0.522 e. The zero-order valence-electron chi connectivity index (χ0n) is 19.2. The van der Waals surface area contributed by atoms with Gasteiger partial charge in [-0.2, -0.15) is 0 Å². The maximum atomic E-state index is 13.4. The minimum Gasteiger partial charge on any atom is -0.444 e. The molecule has 1 aliphatic carbocycles. The standard InChI is InChI=1S/C22H30F3N3O7/c23-22(24,25)34-11-17(29)16(8-12-4-6-26-19(12)30)27-20(31)18-15-3-1-2-13(15)9-28(18)21(32)35-14-5-7-33-10-14/h12-16,18H,1-11H2,(H,26,30)(H,27,31)/t12-,13-,14-,15-,16-,18-/m0/s1. The Morgan fingerprint density at radius 3 is 2.66 bits per heavy atom. The number of ether oxygens (including phenoxy) is 3. The van der Waals surface area contributed by atoms with Gasteiger partial charge in [-0.3, -0.25) is 24.0 Å². The number of alkyl halides is 3. The molecule has 13 heteroatoms. The summed E-state index contributed by atoms with van der Waals surface area (Å²) in [6.07, 6.45) is -2.81. The predicted molar refractivity (Wildman–Crippen MR) is 112 cm³/mol. The second kappa shape index (κ2) is 10.7. The lowest BCUT2D eigenvalue weighted by Crippen LogP contribution is -2.54. The van der Waals surface area contributed by atoms with Crippen molar-refractivity contribution in [1.29, 1.82) is 0 Å². The number of nitrogens with zero attached hydrogens (tertiary/aromatic N) is 1. The fraction of sp³-hybridized carbons (Fsp3) is 0.818. The first kappa shape index (κ1) is 25.7. The van der Waals surface area contributed by atoms with Crippen molar-refractivity contribution < 1.29 is 46.6 Å². The van der Waals surface area contributed by atoms with Crippen molar-refractivity contribution in [2.24, 2.45) is 17.8 Å². The predicted octanol–water partition coefficient (Wildman–Crippen LogP) is 1.13. The van der Waals surface area contributed by atoms with Crippen molar-refractivity contribution in [3.8, 4) is 0 Å². The maximum Gasteiger partial charge on any atom is 0.522 e. The summed E-state index contributed by atoms with van der Waals surface area (Å²) >= 11 is 0. The van der Waals surface area contributed by atoms with Gasteiger partial charge in [0.25, 0.3) is 0 Å². The van der Waals surface area contributed by atoms with E-state index in [2.05, 4.69) is 15.4 Å². The number of nitrogens with one attached hydrogen (secondary N) is 2. The molecular weight excluding hydrogens is 475 g/mol. The van der Waals surface area contributed by atoms with E-state index in [4.69, 9.17) is 9.47 Å². The van der Waals surface area contributed by atoms with E-state index in [1.54, 1.807) is 0 Å². The third-order valence-electron chi connectivity index (χ3n) is 7.32. The number of likely N-dealkylation sites (tertiary alicyclic amines) is 1. The molecule has 3 heterocycles. The van der Waals surface area contributed by atoms with Gasteiger partial charge in [-0.05, 0) is 37.5 Å². The Morgan fingerprint density at radius 2 is 2.00 bits per heavy atom. The van der Waals surface area contributed by atoms with Crippen LogP contribution in [0.5, 0.6) is 0 Å². The number of amides is 3. The highest BCUT2D eigenvalue weighted by molar-refractivity contribution is 5.94. The van der Waals surface area contributed by atoms with Crippen LogP contribution in [-0.4, -0.2) is 86.1 Å². The Kier molecular flexibility index (Phi) is 7.84. The van der Waals surface area contributed by atoms with E-state index < -0.39 is 54.9 Å². The van der Waals surface area contributed by atoms with Gasteiger partial charge in [0.05, 0.1) is 19.3 Å².